The molecule has 1 aliphatic carbocycles. The minimum absolute atomic E-state index is 0.00377. The van der Waals surface area contributed by atoms with Crippen LogP contribution < -0.4 is 5.32 Å². The normalized spacial score (nSPS) is 14.9. The number of nitrogens with zero attached hydrogens (tertiary/aromatic N) is 5. The molecule has 31 heavy (non-hydrogen) atoms. The first-order valence-corrected chi connectivity index (χ1v) is 12.1. The SMILES string of the molecule is CCN(CC)C(=O)CSc1nnc2n(CC(=O)NC3CCCCC3)c3ccccc3n12. The van der Waals surface area contributed by atoms with Crippen LogP contribution in [0.25, 0.3) is 16.8 Å². The number of nitrogens with one attached hydrogen (secondary N) is 1. The number of carbonyl (C=O) groups excluding carboxylic acids is 2. The lowest BCUT2D eigenvalue weighted by Crippen LogP contribution is -2.38. The van der Waals surface area contributed by atoms with Gasteiger partial charge in [-0.3, -0.25) is 18.6 Å². The molecule has 0 spiro atoms. The van der Waals surface area contributed by atoms with Gasteiger partial charge in [0, 0.05) is 19.1 Å². The van der Waals surface area contributed by atoms with Crippen LogP contribution in [0.3, 0.4) is 0 Å². The molecule has 2 heterocycles. The van der Waals surface area contributed by atoms with E-state index in [1.54, 1.807) is 0 Å². The minimum Gasteiger partial charge on any atom is -0.352 e. The fraction of sp³-hybridized carbons (Fsp3) is 0.545. The molecule has 0 bridgehead atoms. The molecule has 1 aliphatic rings. The van der Waals surface area contributed by atoms with Crippen LogP contribution in [0.2, 0.25) is 0 Å². The number of para-hydroxylation sites is 2. The van der Waals surface area contributed by atoms with Crippen LogP contribution in [0.15, 0.2) is 29.4 Å². The van der Waals surface area contributed by atoms with E-state index < -0.39 is 0 Å². The molecular weight excluding hydrogens is 412 g/mol. The third kappa shape index (κ3) is 4.56. The molecule has 1 N–H and O–H groups in total. The molecule has 1 fully saturated rings. The van der Waals surface area contributed by atoms with Gasteiger partial charge in [0.1, 0.15) is 6.54 Å². The molecule has 0 unspecified atom stereocenters. The van der Waals surface area contributed by atoms with E-state index in [1.807, 2.05) is 52.0 Å². The van der Waals surface area contributed by atoms with Crippen molar-refractivity contribution in [2.75, 3.05) is 18.8 Å². The predicted molar refractivity (Wildman–Crippen MR) is 122 cm³/mol. The van der Waals surface area contributed by atoms with Crippen molar-refractivity contribution in [3.05, 3.63) is 24.3 Å². The first-order chi connectivity index (χ1) is 15.1. The molecule has 9 heteroatoms. The summed E-state index contributed by atoms with van der Waals surface area (Å²) in [7, 11) is 0. The maximum absolute atomic E-state index is 12.8. The number of benzene rings is 1. The average molecular weight is 443 g/mol. The Hall–Kier alpha value is -2.55. The Morgan fingerprint density at radius 1 is 1.10 bits per heavy atom. The van der Waals surface area contributed by atoms with Crippen molar-refractivity contribution in [1.82, 2.24) is 29.4 Å². The number of hydrogen-bond acceptors (Lipinski definition) is 5. The van der Waals surface area contributed by atoms with E-state index in [2.05, 4.69) is 15.5 Å². The lowest BCUT2D eigenvalue weighted by Gasteiger charge is -2.22. The van der Waals surface area contributed by atoms with E-state index in [4.69, 9.17) is 0 Å². The Labute approximate surface area is 186 Å². The minimum atomic E-state index is 0.00377. The highest BCUT2D eigenvalue weighted by atomic mass is 32.2. The van der Waals surface area contributed by atoms with E-state index in [1.165, 1.54) is 31.0 Å². The summed E-state index contributed by atoms with van der Waals surface area (Å²) < 4.78 is 3.86. The van der Waals surface area contributed by atoms with E-state index in [9.17, 15) is 9.59 Å². The van der Waals surface area contributed by atoms with Crippen molar-refractivity contribution >= 4 is 40.4 Å². The topological polar surface area (TPSA) is 84.5 Å². The summed E-state index contributed by atoms with van der Waals surface area (Å²) in [4.78, 5) is 27.0. The molecule has 0 atom stereocenters. The van der Waals surface area contributed by atoms with Crippen molar-refractivity contribution in [1.29, 1.82) is 0 Å². The van der Waals surface area contributed by atoms with Crippen LogP contribution in [-0.4, -0.2) is 60.8 Å². The molecule has 0 saturated heterocycles. The molecule has 166 valence electrons. The fourth-order valence-electron chi connectivity index (χ4n) is 4.34. The second kappa shape index (κ2) is 9.72. The first kappa shape index (κ1) is 21.7. The Balaban J connectivity index is 1.58. The van der Waals surface area contributed by atoms with Crippen molar-refractivity contribution < 1.29 is 9.59 Å². The number of carbonyl (C=O) groups is 2. The standard InChI is InChI=1S/C22H30N6O2S/c1-3-26(4-2)20(30)15-31-22-25-24-21-27(17-12-8-9-13-18(17)28(21)22)14-19(29)23-16-10-6-5-7-11-16/h8-9,12-13,16H,3-7,10-11,14-15H2,1-2H3,(H,23,29). The second-order valence-corrected chi connectivity index (χ2v) is 8.89. The van der Waals surface area contributed by atoms with Crippen molar-refractivity contribution in [2.24, 2.45) is 0 Å². The van der Waals surface area contributed by atoms with Gasteiger partial charge in [0.15, 0.2) is 5.16 Å². The first-order valence-electron chi connectivity index (χ1n) is 11.1. The molecular formula is C22H30N6O2S. The summed E-state index contributed by atoms with van der Waals surface area (Å²) in [6, 6.07) is 8.19. The lowest BCUT2D eigenvalue weighted by molar-refractivity contribution is -0.128. The Morgan fingerprint density at radius 3 is 2.52 bits per heavy atom. The molecule has 1 aromatic carbocycles. The van der Waals surface area contributed by atoms with E-state index in [0.29, 0.717) is 29.8 Å². The van der Waals surface area contributed by atoms with Crippen LogP contribution >= 0.6 is 11.8 Å². The Bertz CT molecular complexity index is 1060. The number of amides is 2. The molecule has 0 aliphatic heterocycles. The lowest BCUT2D eigenvalue weighted by atomic mass is 9.95. The van der Waals surface area contributed by atoms with Gasteiger partial charge in [-0.05, 0) is 38.8 Å². The molecule has 2 amide bonds. The summed E-state index contributed by atoms with van der Waals surface area (Å²) >= 11 is 1.38. The van der Waals surface area contributed by atoms with Crippen molar-refractivity contribution in [3.63, 3.8) is 0 Å². The third-order valence-corrected chi connectivity index (χ3v) is 6.90. The molecule has 4 rings (SSSR count). The summed E-state index contributed by atoms with van der Waals surface area (Å²) in [5, 5.41) is 12.5. The van der Waals surface area contributed by atoms with Gasteiger partial charge in [0.05, 0.1) is 16.8 Å². The Morgan fingerprint density at radius 2 is 1.81 bits per heavy atom. The molecule has 3 aromatic rings. The fourth-order valence-corrected chi connectivity index (χ4v) is 5.19. The van der Waals surface area contributed by atoms with Crippen LogP contribution in [0, 0.1) is 0 Å². The number of rotatable bonds is 8. The van der Waals surface area contributed by atoms with Gasteiger partial charge in [0.25, 0.3) is 0 Å². The van der Waals surface area contributed by atoms with Gasteiger partial charge >= 0.3 is 0 Å². The summed E-state index contributed by atoms with van der Waals surface area (Å²) in [6.07, 6.45) is 5.73. The van der Waals surface area contributed by atoms with E-state index >= 15 is 0 Å². The number of imidazole rings is 1. The molecule has 0 radical (unpaired) electrons. The molecule has 1 saturated carbocycles. The maximum atomic E-state index is 12.8. The van der Waals surface area contributed by atoms with Crippen LogP contribution in [0.1, 0.15) is 46.0 Å². The van der Waals surface area contributed by atoms with Crippen LogP contribution in [0.4, 0.5) is 0 Å². The second-order valence-electron chi connectivity index (χ2n) is 7.95. The highest BCUT2D eigenvalue weighted by Gasteiger charge is 2.21. The van der Waals surface area contributed by atoms with E-state index in [0.717, 1.165) is 23.9 Å². The zero-order valence-corrected chi connectivity index (χ0v) is 19.0. The van der Waals surface area contributed by atoms with Crippen molar-refractivity contribution in [3.8, 4) is 0 Å². The van der Waals surface area contributed by atoms with Gasteiger partial charge < -0.3 is 10.2 Å². The monoisotopic (exact) mass is 442 g/mol. The number of hydrogen-bond donors (Lipinski definition) is 1. The molecule has 8 nitrogen and oxygen atoms in total. The predicted octanol–water partition coefficient (Wildman–Crippen LogP) is 3.09. The van der Waals surface area contributed by atoms with Crippen LogP contribution in [-0.2, 0) is 16.1 Å². The number of thioether (sulfide) groups is 1. The highest BCUT2D eigenvalue weighted by molar-refractivity contribution is 7.99. The van der Waals surface area contributed by atoms with Gasteiger partial charge in [0.2, 0.25) is 17.6 Å². The smallest absolute Gasteiger partial charge is 0.240 e. The molecule has 2 aromatic heterocycles. The summed E-state index contributed by atoms with van der Waals surface area (Å²) in [6.45, 7) is 5.55. The zero-order chi connectivity index (χ0) is 21.8. The van der Waals surface area contributed by atoms with Crippen molar-refractivity contribution in [2.45, 2.75) is 63.7 Å². The highest BCUT2D eigenvalue weighted by Crippen LogP contribution is 2.26. The maximum Gasteiger partial charge on any atom is 0.240 e. The largest absolute Gasteiger partial charge is 0.352 e. The van der Waals surface area contributed by atoms with Gasteiger partial charge in [-0.25, -0.2) is 0 Å². The summed E-state index contributed by atoms with van der Waals surface area (Å²) in [5.41, 5.74) is 1.87. The zero-order valence-electron chi connectivity index (χ0n) is 18.2. The van der Waals surface area contributed by atoms with Gasteiger partial charge in [-0.1, -0.05) is 43.2 Å². The number of aromatic nitrogens is 4. The third-order valence-electron chi connectivity index (χ3n) is 5.98. The van der Waals surface area contributed by atoms with E-state index in [-0.39, 0.29) is 24.4 Å². The van der Waals surface area contributed by atoms with Crippen LogP contribution in [0.5, 0.6) is 0 Å². The number of fused-ring (bicyclic) bond motifs is 3. The Kier molecular flexibility index (Phi) is 6.80. The quantitative estimate of drug-likeness (QED) is 0.542. The summed E-state index contributed by atoms with van der Waals surface area (Å²) in [5.74, 6) is 1.02. The van der Waals surface area contributed by atoms with Gasteiger partial charge in [-0.2, -0.15) is 0 Å². The van der Waals surface area contributed by atoms with Gasteiger partial charge in [-0.15, -0.1) is 10.2 Å². The average Bonchev–Trinajstić information content (AvgIpc) is 3.33.